The topological polar surface area (TPSA) is 86.1 Å². The molecule has 0 saturated heterocycles. The zero-order valence-corrected chi connectivity index (χ0v) is 14.7. The molecule has 26 heavy (non-hydrogen) atoms. The van der Waals surface area contributed by atoms with Gasteiger partial charge in [-0.25, -0.2) is 9.97 Å². The lowest BCUT2D eigenvalue weighted by molar-refractivity contribution is 0.0944. The molecule has 3 aromatic rings. The van der Waals surface area contributed by atoms with Gasteiger partial charge in [0, 0.05) is 19.3 Å². The fourth-order valence-electron chi connectivity index (χ4n) is 2.70. The number of fused-ring (bicyclic) bond motifs is 1. The van der Waals surface area contributed by atoms with Crippen LogP contribution in [0, 0.1) is 0 Å². The highest BCUT2D eigenvalue weighted by molar-refractivity contribution is 5.93. The van der Waals surface area contributed by atoms with E-state index in [1.807, 2.05) is 38.1 Å². The van der Waals surface area contributed by atoms with E-state index in [-0.39, 0.29) is 12.2 Å². The first-order chi connectivity index (χ1) is 12.6. The Labute approximate surface area is 150 Å². The maximum absolute atomic E-state index is 12.6. The summed E-state index contributed by atoms with van der Waals surface area (Å²) in [6, 6.07) is 10.9. The fraction of sp³-hybridized carbons (Fsp3) is 0.263. The molecule has 134 valence electrons. The normalized spacial score (nSPS) is 10.7. The van der Waals surface area contributed by atoms with E-state index in [0.29, 0.717) is 24.3 Å². The van der Waals surface area contributed by atoms with E-state index in [1.54, 1.807) is 18.3 Å². The first kappa shape index (κ1) is 17.6. The Balaban J connectivity index is 1.85. The number of rotatable bonds is 6. The van der Waals surface area contributed by atoms with Crippen LogP contribution in [0.1, 0.15) is 29.9 Å². The number of amides is 1. The Hall–Kier alpha value is -3.22. The molecule has 3 rings (SSSR count). The molecule has 7 nitrogen and oxygen atoms in total. The highest BCUT2D eigenvalue weighted by atomic mass is 16.5. The molecule has 0 bridgehead atoms. The summed E-state index contributed by atoms with van der Waals surface area (Å²) in [7, 11) is 0. The zero-order valence-electron chi connectivity index (χ0n) is 14.7. The molecule has 0 radical (unpaired) electrons. The molecule has 0 atom stereocenters. The summed E-state index contributed by atoms with van der Waals surface area (Å²) >= 11 is 0. The van der Waals surface area contributed by atoms with Gasteiger partial charge in [0.2, 0.25) is 0 Å². The van der Waals surface area contributed by atoms with Gasteiger partial charge in [0.25, 0.3) is 11.5 Å². The number of nitrogens with zero attached hydrogens (tertiary/aromatic N) is 3. The molecule has 0 aliphatic rings. The van der Waals surface area contributed by atoms with Crippen LogP contribution in [0.15, 0.2) is 47.4 Å². The van der Waals surface area contributed by atoms with Gasteiger partial charge in [-0.2, -0.15) is 0 Å². The third-order valence-corrected chi connectivity index (χ3v) is 3.90. The second-order valence-electron chi connectivity index (χ2n) is 5.62. The van der Waals surface area contributed by atoms with Crippen molar-refractivity contribution in [1.82, 2.24) is 19.9 Å². The molecule has 0 spiro atoms. The monoisotopic (exact) mass is 352 g/mol. The van der Waals surface area contributed by atoms with Gasteiger partial charge in [-0.1, -0.05) is 12.1 Å². The van der Waals surface area contributed by atoms with Gasteiger partial charge in [-0.05, 0) is 43.7 Å². The lowest BCUT2D eigenvalue weighted by Gasteiger charge is -2.10. The summed E-state index contributed by atoms with van der Waals surface area (Å²) in [6.45, 7) is 4.99. The molecule has 1 amide bonds. The van der Waals surface area contributed by atoms with Gasteiger partial charge < -0.3 is 10.1 Å². The fourth-order valence-corrected chi connectivity index (χ4v) is 2.70. The van der Waals surface area contributed by atoms with Crippen molar-refractivity contribution in [2.75, 3.05) is 6.61 Å². The number of hydrogen-bond acceptors (Lipinski definition) is 5. The van der Waals surface area contributed by atoms with Crippen LogP contribution in [0.2, 0.25) is 0 Å². The highest BCUT2D eigenvalue weighted by Gasteiger charge is 2.17. The van der Waals surface area contributed by atoms with E-state index in [1.165, 1.54) is 4.57 Å². The minimum absolute atomic E-state index is 0.131. The maximum Gasteiger partial charge on any atom is 0.283 e. The number of aryl methyl sites for hydroxylation is 1. The van der Waals surface area contributed by atoms with Gasteiger partial charge in [0.15, 0.2) is 11.3 Å². The van der Waals surface area contributed by atoms with Crippen LogP contribution in [0.3, 0.4) is 0 Å². The molecular formula is C19H20N4O3. The summed E-state index contributed by atoms with van der Waals surface area (Å²) in [5.74, 6) is 0.229. The summed E-state index contributed by atoms with van der Waals surface area (Å²) in [6.07, 6.45) is 1.60. The number of benzene rings is 1. The van der Waals surface area contributed by atoms with Crippen molar-refractivity contribution >= 4 is 17.1 Å². The number of ether oxygens (including phenoxy) is 1. The number of aromatic nitrogens is 3. The number of carbonyl (C=O) groups excluding carboxylic acids is 1. The Bertz CT molecular complexity index is 997. The Kier molecular flexibility index (Phi) is 5.26. The number of carbonyl (C=O) groups is 1. The quantitative estimate of drug-likeness (QED) is 0.734. The predicted octanol–water partition coefficient (Wildman–Crippen LogP) is 2.14. The van der Waals surface area contributed by atoms with E-state index < -0.39 is 11.5 Å². The largest absolute Gasteiger partial charge is 0.494 e. The van der Waals surface area contributed by atoms with Crippen LogP contribution in [-0.4, -0.2) is 27.0 Å². The summed E-state index contributed by atoms with van der Waals surface area (Å²) in [5, 5.41) is 2.75. The van der Waals surface area contributed by atoms with Crippen LogP contribution in [-0.2, 0) is 13.1 Å². The smallest absolute Gasteiger partial charge is 0.283 e. The molecule has 1 aromatic carbocycles. The van der Waals surface area contributed by atoms with Gasteiger partial charge >= 0.3 is 0 Å². The second-order valence-corrected chi connectivity index (χ2v) is 5.62. The minimum atomic E-state index is -0.509. The lowest BCUT2D eigenvalue weighted by Crippen LogP contribution is -2.34. The van der Waals surface area contributed by atoms with Crippen molar-refractivity contribution in [2.24, 2.45) is 0 Å². The molecule has 0 saturated carbocycles. The van der Waals surface area contributed by atoms with E-state index in [9.17, 15) is 9.59 Å². The Morgan fingerprint density at radius 1 is 1.23 bits per heavy atom. The average Bonchev–Trinajstić information content (AvgIpc) is 2.66. The van der Waals surface area contributed by atoms with Crippen LogP contribution < -0.4 is 15.6 Å². The molecule has 0 unspecified atom stereocenters. The second kappa shape index (κ2) is 7.77. The van der Waals surface area contributed by atoms with Gasteiger partial charge in [0.05, 0.1) is 6.61 Å². The number of nitrogens with one attached hydrogen (secondary N) is 1. The highest BCUT2D eigenvalue weighted by Crippen LogP contribution is 2.13. The standard InChI is InChI=1S/C19H20N4O3/c1-3-23-17-15(9-6-10-20-17)22-16(19(23)25)18(24)21-12-13-7-5-8-14(11-13)26-4-2/h5-11H,3-4,12H2,1-2H3,(H,21,24). The minimum Gasteiger partial charge on any atom is -0.494 e. The van der Waals surface area contributed by atoms with Crippen LogP contribution in [0.4, 0.5) is 0 Å². The van der Waals surface area contributed by atoms with Crippen molar-refractivity contribution in [3.63, 3.8) is 0 Å². The van der Waals surface area contributed by atoms with Crippen LogP contribution in [0.25, 0.3) is 11.2 Å². The SMILES string of the molecule is CCOc1cccc(CNC(=O)c2nc3cccnc3n(CC)c2=O)c1. The third-order valence-electron chi connectivity index (χ3n) is 3.90. The lowest BCUT2D eigenvalue weighted by atomic mass is 10.2. The van der Waals surface area contributed by atoms with Crippen molar-refractivity contribution in [1.29, 1.82) is 0 Å². The van der Waals surface area contributed by atoms with Gasteiger partial charge in [-0.3, -0.25) is 14.2 Å². The molecule has 0 aliphatic heterocycles. The molecule has 7 heteroatoms. The van der Waals surface area contributed by atoms with Crippen LogP contribution in [0.5, 0.6) is 5.75 Å². The van der Waals surface area contributed by atoms with Crippen molar-refractivity contribution in [3.8, 4) is 5.75 Å². The van der Waals surface area contributed by atoms with E-state index >= 15 is 0 Å². The van der Waals surface area contributed by atoms with Gasteiger partial charge in [0.1, 0.15) is 11.3 Å². The van der Waals surface area contributed by atoms with Crippen molar-refractivity contribution in [2.45, 2.75) is 26.9 Å². The number of hydrogen-bond donors (Lipinski definition) is 1. The Morgan fingerprint density at radius 3 is 2.85 bits per heavy atom. The summed E-state index contributed by atoms with van der Waals surface area (Å²) in [5.41, 5.74) is 1.29. The zero-order chi connectivity index (χ0) is 18.5. The first-order valence-electron chi connectivity index (χ1n) is 8.49. The van der Waals surface area contributed by atoms with Gasteiger partial charge in [-0.15, -0.1) is 0 Å². The van der Waals surface area contributed by atoms with E-state index in [2.05, 4.69) is 15.3 Å². The van der Waals surface area contributed by atoms with E-state index in [0.717, 1.165) is 11.3 Å². The molecular weight excluding hydrogens is 332 g/mol. The molecule has 2 aromatic heterocycles. The van der Waals surface area contributed by atoms with Crippen LogP contribution >= 0.6 is 0 Å². The number of pyridine rings is 1. The molecule has 1 N–H and O–H groups in total. The summed E-state index contributed by atoms with van der Waals surface area (Å²) < 4.78 is 6.90. The Morgan fingerprint density at radius 2 is 2.08 bits per heavy atom. The van der Waals surface area contributed by atoms with Crippen molar-refractivity contribution < 1.29 is 9.53 Å². The predicted molar refractivity (Wildman–Crippen MR) is 98.3 cm³/mol. The molecule has 0 aliphatic carbocycles. The first-order valence-corrected chi connectivity index (χ1v) is 8.49. The van der Waals surface area contributed by atoms with E-state index in [4.69, 9.17) is 4.74 Å². The average molecular weight is 352 g/mol. The van der Waals surface area contributed by atoms with Crippen molar-refractivity contribution in [3.05, 3.63) is 64.2 Å². The maximum atomic E-state index is 12.6. The summed E-state index contributed by atoms with van der Waals surface area (Å²) in [4.78, 5) is 33.5. The molecule has 0 fully saturated rings. The molecule has 2 heterocycles. The third kappa shape index (κ3) is 3.56.